The summed E-state index contributed by atoms with van der Waals surface area (Å²) in [6.45, 7) is 1.32. The molecule has 0 aliphatic rings. The highest BCUT2D eigenvalue weighted by Crippen LogP contribution is 2.38. The minimum atomic E-state index is -5.14. The van der Waals surface area contributed by atoms with Crippen molar-refractivity contribution >= 4 is 34.9 Å². The zero-order chi connectivity index (χ0) is 35.3. The Morgan fingerprint density at radius 1 is 0.542 bits per heavy atom. The topological polar surface area (TPSA) is 12.9 Å². The molecule has 0 bridgehead atoms. The third kappa shape index (κ3) is 6.99. The quantitative estimate of drug-likeness (QED) is 0.0737. The molecule has 0 aliphatic heterocycles. The molecule has 1 heterocycles. The van der Waals surface area contributed by atoms with Crippen LogP contribution in [0.3, 0.4) is 0 Å². The smallest absolute Gasteiger partial charge is 0.256 e. The zero-order valence-electron chi connectivity index (χ0n) is 24.1. The molecule has 0 atom stereocenters. The fourth-order valence-electron chi connectivity index (χ4n) is 5.02. The third-order valence-corrected chi connectivity index (χ3v) is 10.1. The van der Waals surface area contributed by atoms with Gasteiger partial charge in [0.25, 0.3) is 0 Å². The molecule has 4 aromatic carbocycles. The number of pyridine rings is 1. The van der Waals surface area contributed by atoms with Gasteiger partial charge in [0.1, 0.15) is 0 Å². The Kier molecular flexibility index (Phi) is 8.55. The Morgan fingerprint density at radius 3 is 1.50 bits per heavy atom. The van der Waals surface area contributed by atoms with Gasteiger partial charge in [-0.3, -0.25) is 4.98 Å². The van der Waals surface area contributed by atoms with Gasteiger partial charge >= 0.3 is 24.7 Å². The zero-order valence-corrected chi connectivity index (χ0v) is 25.1. The Hall–Kier alpha value is -4.95. The van der Waals surface area contributed by atoms with E-state index in [0.29, 0.717) is 21.7 Å². The summed E-state index contributed by atoms with van der Waals surface area (Å²) in [7, 11) is -4.12. The highest BCUT2D eigenvalue weighted by molar-refractivity contribution is 7.05. The van der Waals surface area contributed by atoms with E-state index in [1.165, 1.54) is 24.9 Å². The van der Waals surface area contributed by atoms with E-state index in [2.05, 4.69) is 27.9 Å². The van der Waals surface area contributed by atoms with Gasteiger partial charge in [0, 0.05) is 28.1 Å². The molecule has 0 fully saturated rings. The molecule has 246 valence electrons. The van der Waals surface area contributed by atoms with Crippen LogP contribution in [0.15, 0.2) is 85.1 Å². The molecule has 0 N–H and O–H groups in total. The van der Waals surface area contributed by atoms with Crippen LogP contribution in [0.2, 0.25) is 6.55 Å². The first-order valence-electron chi connectivity index (χ1n) is 13.6. The second-order valence-electron chi connectivity index (χ2n) is 10.7. The van der Waals surface area contributed by atoms with E-state index in [9.17, 15) is 52.7 Å². The van der Waals surface area contributed by atoms with Crippen molar-refractivity contribution in [1.82, 2.24) is 4.98 Å². The maximum Gasteiger partial charge on any atom is 0.417 e. The summed E-state index contributed by atoms with van der Waals surface area (Å²) in [6, 6.07) is 12.6. The van der Waals surface area contributed by atoms with Crippen molar-refractivity contribution in [3.63, 3.8) is 0 Å². The minimum Gasteiger partial charge on any atom is -0.256 e. The van der Waals surface area contributed by atoms with Crippen molar-refractivity contribution < 1.29 is 52.7 Å². The van der Waals surface area contributed by atoms with Gasteiger partial charge in [-0.25, -0.2) is 0 Å². The summed E-state index contributed by atoms with van der Waals surface area (Å²) in [4.78, 5) is 4.37. The molecule has 14 heteroatoms. The molecule has 5 rings (SSSR count). The van der Waals surface area contributed by atoms with Crippen molar-refractivity contribution in [1.29, 1.82) is 0 Å². The number of aromatic nitrogens is 1. The largest absolute Gasteiger partial charge is 0.417 e. The summed E-state index contributed by atoms with van der Waals surface area (Å²) in [5.41, 5.74) is -2.54. The van der Waals surface area contributed by atoms with Crippen LogP contribution in [-0.4, -0.2) is 13.1 Å². The van der Waals surface area contributed by atoms with E-state index in [-0.39, 0.29) is 41.6 Å². The minimum absolute atomic E-state index is 0.201. The summed E-state index contributed by atoms with van der Waals surface area (Å²) in [5, 5.41) is 1.69. The molecule has 0 saturated carbocycles. The highest BCUT2D eigenvalue weighted by Gasteiger charge is 2.39. The van der Waals surface area contributed by atoms with Crippen LogP contribution in [0.5, 0.6) is 0 Å². The summed E-state index contributed by atoms with van der Waals surface area (Å²) in [6.07, 6.45) is -18.9. The first kappa shape index (κ1) is 34.4. The average molecular weight is 696 g/mol. The van der Waals surface area contributed by atoms with E-state index in [4.69, 9.17) is 0 Å². The second-order valence-corrected chi connectivity index (χ2v) is 14.0. The molecule has 0 saturated heterocycles. The summed E-state index contributed by atoms with van der Waals surface area (Å²) >= 11 is 0. The van der Waals surface area contributed by atoms with Crippen molar-refractivity contribution in [3.8, 4) is 22.9 Å². The van der Waals surface area contributed by atoms with Gasteiger partial charge in [-0.2, -0.15) is 52.7 Å². The lowest BCUT2D eigenvalue weighted by Crippen LogP contribution is -2.43. The number of rotatable bonds is 1. The van der Waals surface area contributed by atoms with Crippen molar-refractivity contribution in [2.24, 2.45) is 0 Å². The van der Waals surface area contributed by atoms with Crippen LogP contribution in [0, 0.1) is 22.9 Å². The predicted molar refractivity (Wildman–Crippen MR) is 157 cm³/mol. The number of nitrogens with zero attached hydrogens (tertiary/aromatic N) is 1. The lowest BCUT2D eigenvalue weighted by molar-refractivity contribution is -0.141. The van der Waals surface area contributed by atoms with Crippen LogP contribution in [0.25, 0.3) is 21.7 Å². The monoisotopic (exact) mass is 695 g/mol. The molecule has 0 amide bonds. The van der Waals surface area contributed by atoms with Crippen LogP contribution in [0.4, 0.5) is 52.7 Å². The molecule has 5 aromatic rings. The normalized spacial score (nSPS) is 12.8. The summed E-state index contributed by atoms with van der Waals surface area (Å²) < 4.78 is 164. The van der Waals surface area contributed by atoms with Crippen molar-refractivity contribution in [2.75, 3.05) is 0 Å². The van der Waals surface area contributed by atoms with E-state index < -0.39 is 66.2 Å². The average Bonchev–Trinajstić information content (AvgIpc) is 3.00. The van der Waals surface area contributed by atoms with Crippen molar-refractivity contribution in [3.05, 3.63) is 118 Å². The van der Waals surface area contributed by atoms with E-state index in [1.807, 2.05) is 0 Å². The summed E-state index contributed by atoms with van der Waals surface area (Å²) in [5.74, 6) is 4.34. The molecule has 0 radical (unpaired) electrons. The maximum absolute atomic E-state index is 13.9. The van der Waals surface area contributed by atoms with Gasteiger partial charge < -0.3 is 0 Å². The molecule has 0 aliphatic carbocycles. The molecule has 0 unspecified atom stereocenters. The van der Waals surface area contributed by atoms with E-state index in [0.717, 1.165) is 0 Å². The fourth-order valence-corrected chi connectivity index (χ4v) is 7.32. The van der Waals surface area contributed by atoms with Crippen LogP contribution in [-0.2, 0) is 24.7 Å². The van der Waals surface area contributed by atoms with Gasteiger partial charge in [-0.1, -0.05) is 48.2 Å². The lowest BCUT2D eigenvalue weighted by Gasteiger charge is -2.19. The fraction of sp³-hybridized carbons (Fsp3) is 0.147. The van der Waals surface area contributed by atoms with Gasteiger partial charge in [-0.05, 0) is 59.6 Å². The van der Waals surface area contributed by atoms with Gasteiger partial charge in [0.15, 0.2) is 0 Å². The van der Waals surface area contributed by atoms with Crippen LogP contribution < -0.4 is 5.19 Å². The molecule has 1 aromatic heterocycles. The number of hydrogen-bond acceptors (Lipinski definition) is 1. The van der Waals surface area contributed by atoms with Crippen molar-refractivity contribution in [2.45, 2.75) is 31.3 Å². The number of benzene rings is 4. The van der Waals surface area contributed by atoms with Crippen LogP contribution >= 0.6 is 0 Å². The first-order chi connectivity index (χ1) is 22.2. The Morgan fingerprint density at radius 2 is 1.02 bits per heavy atom. The van der Waals surface area contributed by atoms with E-state index in [1.54, 1.807) is 30.3 Å². The number of hydrogen-bond donors (Lipinski definition) is 0. The number of alkyl halides is 12. The standard InChI is InChI=1S/C34H17F12NSi/c1-48(16-13-22-18-24(31(35,36)37)9-11-26(22)33(41,42)43,17-14-23-19-25(32(38,39)40)10-12-27(23)34(44,45)46)28-6-2-4-20-7-8-21-5-3-15-47-30(21)29(20)28/h2-12,15,18-19H,1H3. The molecule has 0 spiro atoms. The Bertz CT molecular complexity index is 2080. The van der Waals surface area contributed by atoms with Gasteiger partial charge in [0.2, 0.25) is 8.07 Å². The maximum atomic E-state index is 13.9. The molecule has 48 heavy (non-hydrogen) atoms. The molecular weight excluding hydrogens is 678 g/mol. The van der Waals surface area contributed by atoms with E-state index >= 15 is 0 Å². The Labute approximate surface area is 265 Å². The van der Waals surface area contributed by atoms with Crippen LogP contribution in [0.1, 0.15) is 33.4 Å². The molecule has 1 nitrogen and oxygen atoms in total. The number of halogens is 12. The number of fused-ring (bicyclic) bond motifs is 3. The second kappa shape index (κ2) is 11.9. The predicted octanol–water partition coefficient (Wildman–Crippen LogP) is 9.93. The Balaban J connectivity index is 1.86. The highest BCUT2D eigenvalue weighted by atomic mass is 28.3. The first-order valence-corrected chi connectivity index (χ1v) is 16.1. The SMILES string of the molecule is C[Si](C#Cc1cc(C(F)(F)F)ccc1C(F)(F)F)(C#Cc1cc(C(F)(F)F)ccc1C(F)(F)F)c1cccc2ccc3cccnc3c12. The molecular formula is C34H17F12NSi. The van der Waals surface area contributed by atoms with Gasteiger partial charge in [0.05, 0.1) is 27.8 Å². The van der Waals surface area contributed by atoms with Gasteiger partial charge in [-0.15, -0.1) is 11.1 Å². The third-order valence-electron chi connectivity index (χ3n) is 7.35. The lowest BCUT2D eigenvalue weighted by atomic mass is 10.0.